The fraction of sp³-hybridized carbons (Fsp3) is 0. The molecule has 0 saturated carbocycles. The molecule has 0 bridgehead atoms. The first kappa shape index (κ1) is 12.8. The summed E-state index contributed by atoms with van der Waals surface area (Å²) in [4.78, 5) is 3.86. The van der Waals surface area contributed by atoms with Gasteiger partial charge in [-0.05, 0) is 11.0 Å². The number of rotatable bonds is 0. The van der Waals surface area contributed by atoms with Gasteiger partial charge in [0, 0.05) is 5.39 Å². The highest BCUT2D eigenvalue weighted by atomic mass is 35.5. The van der Waals surface area contributed by atoms with Gasteiger partial charge in [-0.15, -0.1) is 10.9 Å². The topological polar surface area (TPSA) is 12.9 Å². The minimum Gasteiger partial charge on any atom is -0.253 e. The molecule has 12 radical (unpaired) electrons. The van der Waals surface area contributed by atoms with Crippen molar-refractivity contribution in [3.8, 4) is 0 Å². The highest BCUT2D eigenvalue weighted by Crippen LogP contribution is 2.13. The third-order valence-electron chi connectivity index (χ3n) is 2.63. The van der Waals surface area contributed by atoms with Gasteiger partial charge < -0.3 is 0 Å². The Balaban J connectivity index is 3.17. The Morgan fingerprint density at radius 3 is 1.65 bits per heavy atom. The van der Waals surface area contributed by atoms with E-state index in [4.69, 9.17) is 58.7 Å². The maximum absolute atomic E-state index is 5.96. The summed E-state index contributed by atoms with van der Waals surface area (Å²) in [6.45, 7) is 0. The molecule has 0 aliphatic carbocycles. The molecule has 0 amide bonds. The van der Waals surface area contributed by atoms with Crippen molar-refractivity contribution >= 4 is 102 Å². The quantitative estimate of drug-likeness (QED) is 0.324. The van der Waals surface area contributed by atoms with Crippen LogP contribution in [0.15, 0.2) is 0 Å². The van der Waals surface area contributed by atoms with E-state index < -0.39 is 0 Å². The molecule has 1 aromatic carbocycles. The number of hydrogen-bond donors (Lipinski definition) is 0. The van der Waals surface area contributed by atoms with Crippen molar-refractivity contribution in [2.45, 2.75) is 0 Å². The van der Waals surface area contributed by atoms with E-state index in [2.05, 4.69) is 4.98 Å². The summed E-state index contributed by atoms with van der Waals surface area (Å²) in [6, 6.07) is 0. The number of pyridine rings is 1. The van der Waals surface area contributed by atoms with E-state index in [9.17, 15) is 0 Å². The SMILES string of the molecule is [B]c1nc(Cl)c2c([B])c([B])c([B])c([B])c2c1[B]. The van der Waals surface area contributed by atoms with Crippen LogP contribution in [0.5, 0.6) is 0 Å². The summed E-state index contributed by atoms with van der Waals surface area (Å²) in [5.41, 5.74) is 0.945. The van der Waals surface area contributed by atoms with Gasteiger partial charge in [-0.1, -0.05) is 28.0 Å². The molecular formula is C9B6ClN. The van der Waals surface area contributed by atoms with Crippen LogP contribution in [-0.4, -0.2) is 52.1 Å². The van der Waals surface area contributed by atoms with Crippen LogP contribution in [0, 0.1) is 0 Å². The third kappa shape index (κ3) is 1.76. The van der Waals surface area contributed by atoms with Gasteiger partial charge in [0.2, 0.25) is 0 Å². The molecule has 8 heteroatoms. The smallest absolute Gasteiger partial charge is 0.140 e. The number of fused-ring (bicyclic) bond motifs is 1. The molecule has 0 unspecified atom stereocenters. The van der Waals surface area contributed by atoms with Gasteiger partial charge in [-0.3, -0.25) is 4.98 Å². The minimum absolute atomic E-state index is 0.0674. The van der Waals surface area contributed by atoms with Crippen LogP contribution >= 0.6 is 11.6 Å². The van der Waals surface area contributed by atoms with Crippen LogP contribution in [0.2, 0.25) is 5.15 Å². The van der Waals surface area contributed by atoms with Crippen LogP contribution < -0.4 is 32.9 Å². The Hall–Kier alpha value is -0.690. The largest absolute Gasteiger partial charge is 0.253 e. The number of halogens is 1. The summed E-state index contributed by atoms with van der Waals surface area (Å²) in [6.07, 6.45) is 0. The molecule has 1 aromatic heterocycles. The van der Waals surface area contributed by atoms with Gasteiger partial charge in [0.05, 0.1) is 0 Å². The molecule has 0 aliphatic heterocycles. The molecular weight excluding hydrogens is 222 g/mol. The second kappa shape index (κ2) is 4.20. The highest BCUT2D eigenvalue weighted by molar-refractivity contribution is 6.69. The zero-order chi connectivity index (χ0) is 12.9. The Kier molecular flexibility index (Phi) is 3.15. The molecule has 17 heavy (non-hydrogen) atoms. The van der Waals surface area contributed by atoms with Crippen LogP contribution in [0.3, 0.4) is 0 Å². The zero-order valence-corrected chi connectivity index (χ0v) is 9.55. The third-order valence-corrected chi connectivity index (χ3v) is 2.90. The van der Waals surface area contributed by atoms with Gasteiger partial charge >= 0.3 is 0 Å². The lowest BCUT2D eigenvalue weighted by molar-refractivity contribution is 1.44. The van der Waals surface area contributed by atoms with Crippen molar-refractivity contribution in [1.82, 2.24) is 4.98 Å². The fourth-order valence-electron chi connectivity index (χ4n) is 1.67. The van der Waals surface area contributed by atoms with E-state index in [1.54, 1.807) is 0 Å². The minimum atomic E-state index is 0.0674. The molecule has 0 N–H and O–H groups in total. The van der Waals surface area contributed by atoms with Crippen molar-refractivity contribution in [3.05, 3.63) is 5.15 Å². The van der Waals surface area contributed by atoms with Gasteiger partial charge in [-0.2, -0.15) is 0 Å². The molecule has 1 nitrogen and oxygen atoms in total. The molecule has 0 atom stereocenters. The van der Waals surface area contributed by atoms with Gasteiger partial charge in [0.1, 0.15) is 52.2 Å². The molecule has 0 saturated heterocycles. The van der Waals surface area contributed by atoms with E-state index in [-0.39, 0.29) is 38.1 Å². The van der Waals surface area contributed by atoms with Gasteiger partial charge in [-0.25, -0.2) is 0 Å². The molecule has 2 rings (SSSR count). The molecule has 66 valence electrons. The summed E-state index contributed by atoms with van der Waals surface area (Å²) in [5, 5.41) is 0.830. The predicted molar refractivity (Wildman–Crippen MR) is 79.1 cm³/mol. The van der Waals surface area contributed by atoms with Crippen LogP contribution in [0.1, 0.15) is 0 Å². The number of hydrogen-bond acceptors (Lipinski definition) is 1. The highest BCUT2D eigenvalue weighted by Gasteiger charge is 2.13. The molecule has 0 fully saturated rings. The zero-order valence-electron chi connectivity index (χ0n) is 8.79. The van der Waals surface area contributed by atoms with Crippen LogP contribution in [0.4, 0.5) is 0 Å². The first-order valence-electron chi connectivity index (χ1n) is 4.62. The van der Waals surface area contributed by atoms with Crippen molar-refractivity contribution < 1.29 is 0 Å². The number of nitrogens with zero attached hydrogens (tertiary/aromatic N) is 1. The summed E-state index contributed by atoms with van der Waals surface area (Å²) in [7, 11) is 34.5. The first-order chi connectivity index (χ1) is 7.86. The van der Waals surface area contributed by atoms with E-state index >= 15 is 0 Å². The maximum Gasteiger partial charge on any atom is 0.140 e. The second-order valence-electron chi connectivity index (χ2n) is 3.61. The van der Waals surface area contributed by atoms with E-state index in [1.807, 2.05) is 0 Å². The Morgan fingerprint density at radius 2 is 1.12 bits per heavy atom. The van der Waals surface area contributed by atoms with Crippen molar-refractivity contribution in [1.29, 1.82) is 0 Å². The second-order valence-corrected chi connectivity index (χ2v) is 3.96. The lowest BCUT2D eigenvalue weighted by Crippen LogP contribution is -2.50. The standard InChI is InChI=1S/C9B6ClN/c10-3-1-2(4(11)7(14)6(3)13)9(16)17-8(15)5(1)12. The Labute approximate surface area is 113 Å². The summed E-state index contributed by atoms with van der Waals surface area (Å²) in [5.74, 6) is 0. The number of benzene rings is 1. The number of aromatic nitrogens is 1. The van der Waals surface area contributed by atoms with E-state index in [1.165, 1.54) is 0 Å². The lowest BCUT2D eigenvalue weighted by atomic mass is 9.63. The van der Waals surface area contributed by atoms with Crippen LogP contribution in [0.25, 0.3) is 10.8 Å². The van der Waals surface area contributed by atoms with Crippen LogP contribution in [-0.2, 0) is 0 Å². The van der Waals surface area contributed by atoms with Crippen molar-refractivity contribution in [3.63, 3.8) is 0 Å². The van der Waals surface area contributed by atoms with Crippen molar-refractivity contribution in [2.24, 2.45) is 0 Å². The monoisotopic (exact) mass is 223 g/mol. The maximum atomic E-state index is 5.96. The summed E-state index contributed by atoms with van der Waals surface area (Å²) < 4.78 is 0. The normalized spacial score (nSPS) is 10.9. The molecule has 0 spiro atoms. The lowest BCUT2D eigenvalue weighted by Gasteiger charge is -2.19. The Morgan fingerprint density at radius 1 is 0.647 bits per heavy atom. The average molecular weight is 222 g/mol. The van der Waals surface area contributed by atoms with Gasteiger partial charge in [0.15, 0.2) is 0 Å². The molecule has 1 heterocycles. The van der Waals surface area contributed by atoms with Crippen molar-refractivity contribution in [2.75, 3.05) is 0 Å². The van der Waals surface area contributed by atoms with E-state index in [0.717, 1.165) is 0 Å². The average Bonchev–Trinajstić information content (AvgIpc) is 2.28. The first-order valence-corrected chi connectivity index (χ1v) is 5.00. The fourth-order valence-corrected chi connectivity index (χ4v) is 1.96. The molecule has 0 aliphatic rings. The Bertz CT molecular complexity index is 642. The predicted octanol–water partition coefficient (Wildman–Crippen LogP) is -4.35. The van der Waals surface area contributed by atoms with E-state index in [0.29, 0.717) is 10.8 Å². The summed E-state index contributed by atoms with van der Waals surface area (Å²) >= 11 is 5.96. The molecule has 2 aromatic rings. The van der Waals surface area contributed by atoms with Gasteiger partial charge in [0.25, 0.3) is 0 Å².